The molecule has 116 valence electrons. The Kier molecular flexibility index (Phi) is 6.17. The van der Waals surface area contributed by atoms with Gasteiger partial charge in [-0.3, -0.25) is 9.69 Å². The number of benzene rings is 1. The van der Waals surface area contributed by atoms with Crippen molar-refractivity contribution in [3.05, 3.63) is 35.9 Å². The number of carbonyl (C=O) groups excluding carboxylic acids is 1. The number of hydrogen-bond acceptors (Lipinski definition) is 5. The van der Waals surface area contributed by atoms with Crippen LogP contribution >= 0.6 is 0 Å². The van der Waals surface area contributed by atoms with Gasteiger partial charge in [0.25, 0.3) is 0 Å². The average Bonchev–Trinajstić information content (AvgIpc) is 2.53. The molecule has 2 rings (SSSR count). The molecule has 0 bridgehead atoms. The summed E-state index contributed by atoms with van der Waals surface area (Å²) in [6, 6.07) is 10.6. The molecular formula is C16H24N2O3. The van der Waals surface area contributed by atoms with E-state index in [1.54, 1.807) is 0 Å². The predicted octanol–water partition coefficient (Wildman–Crippen LogP) is 1.34. The summed E-state index contributed by atoms with van der Waals surface area (Å²) in [6.07, 6.45) is 1.10. The second-order valence-electron chi connectivity index (χ2n) is 5.27. The molecule has 1 fully saturated rings. The fraction of sp³-hybridized carbons (Fsp3) is 0.562. The number of nitrogens with two attached hydrogens (primary N) is 1. The largest absolute Gasteiger partial charge is 0.469 e. The topological polar surface area (TPSA) is 64.8 Å². The van der Waals surface area contributed by atoms with Crippen molar-refractivity contribution in [2.24, 2.45) is 5.73 Å². The Morgan fingerprint density at radius 2 is 2.24 bits per heavy atom. The molecule has 0 amide bonds. The van der Waals surface area contributed by atoms with Crippen LogP contribution in [0, 0.1) is 0 Å². The van der Waals surface area contributed by atoms with Crippen molar-refractivity contribution in [1.29, 1.82) is 0 Å². The molecule has 1 aliphatic heterocycles. The first-order chi connectivity index (χ1) is 10.2. The molecule has 5 heteroatoms. The lowest BCUT2D eigenvalue weighted by Gasteiger charge is -2.38. The Morgan fingerprint density at radius 3 is 2.90 bits per heavy atom. The second kappa shape index (κ2) is 8.12. The van der Waals surface area contributed by atoms with E-state index in [1.807, 2.05) is 18.2 Å². The third-order valence-corrected chi connectivity index (χ3v) is 3.86. The van der Waals surface area contributed by atoms with Crippen molar-refractivity contribution in [2.75, 3.05) is 33.4 Å². The molecule has 2 N–H and O–H groups in total. The molecule has 21 heavy (non-hydrogen) atoms. The molecule has 0 aromatic heterocycles. The Bertz CT molecular complexity index is 438. The van der Waals surface area contributed by atoms with Crippen LogP contribution in [-0.2, 0) is 14.3 Å². The molecule has 2 atom stereocenters. The first kappa shape index (κ1) is 15.9. The van der Waals surface area contributed by atoms with Crippen LogP contribution in [0.2, 0.25) is 0 Å². The van der Waals surface area contributed by atoms with Gasteiger partial charge in [-0.1, -0.05) is 30.3 Å². The third kappa shape index (κ3) is 4.52. The van der Waals surface area contributed by atoms with Gasteiger partial charge in [-0.05, 0) is 18.5 Å². The summed E-state index contributed by atoms with van der Waals surface area (Å²) in [7, 11) is 1.41. The summed E-state index contributed by atoms with van der Waals surface area (Å²) in [4.78, 5) is 13.8. The van der Waals surface area contributed by atoms with Crippen LogP contribution in [0.25, 0.3) is 0 Å². The number of hydrogen-bond donors (Lipinski definition) is 1. The number of esters is 1. The highest BCUT2D eigenvalue weighted by Gasteiger charge is 2.28. The zero-order valence-corrected chi connectivity index (χ0v) is 12.5. The normalized spacial score (nSPS) is 21.0. The SMILES string of the molecule is COC(=O)CC1CN(C(CCN)c2ccccc2)CCO1. The summed E-state index contributed by atoms with van der Waals surface area (Å²) in [6.45, 7) is 2.86. The lowest BCUT2D eigenvalue weighted by atomic mass is 10.0. The molecule has 0 saturated carbocycles. The van der Waals surface area contributed by atoms with Crippen molar-refractivity contribution < 1.29 is 14.3 Å². The Balaban J connectivity index is 2.04. The molecular weight excluding hydrogens is 268 g/mol. The molecule has 1 heterocycles. The maximum Gasteiger partial charge on any atom is 0.308 e. The highest BCUT2D eigenvalue weighted by atomic mass is 16.5. The zero-order chi connectivity index (χ0) is 15.1. The number of carbonyl (C=O) groups is 1. The first-order valence-electron chi connectivity index (χ1n) is 7.42. The molecule has 1 aromatic rings. The molecule has 2 unspecified atom stereocenters. The Labute approximate surface area is 126 Å². The van der Waals surface area contributed by atoms with Crippen molar-refractivity contribution in [2.45, 2.75) is 25.0 Å². The van der Waals surface area contributed by atoms with E-state index < -0.39 is 0 Å². The van der Waals surface area contributed by atoms with E-state index in [4.69, 9.17) is 15.2 Å². The monoisotopic (exact) mass is 292 g/mol. The summed E-state index contributed by atoms with van der Waals surface area (Å²) < 4.78 is 10.4. The van der Waals surface area contributed by atoms with Crippen molar-refractivity contribution in [1.82, 2.24) is 4.90 Å². The zero-order valence-electron chi connectivity index (χ0n) is 12.5. The van der Waals surface area contributed by atoms with Gasteiger partial charge >= 0.3 is 5.97 Å². The van der Waals surface area contributed by atoms with Crippen LogP contribution in [-0.4, -0.2) is 50.3 Å². The van der Waals surface area contributed by atoms with Gasteiger partial charge in [-0.15, -0.1) is 0 Å². The first-order valence-corrected chi connectivity index (χ1v) is 7.42. The summed E-state index contributed by atoms with van der Waals surface area (Å²) in [5.74, 6) is -0.225. The standard InChI is InChI=1S/C16H24N2O3/c1-20-16(19)11-14-12-18(9-10-21-14)15(7-8-17)13-5-3-2-4-6-13/h2-6,14-15H,7-12,17H2,1H3. The fourth-order valence-corrected chi connectivity index (χ4v) is 2.81. The van der Waals surface area contributed by atoms with E-state index in [-0.39, 0.29) is 18.1 Å². The van der Waals surface area contributed by atoms with E-state index in [1.165, 1.54) is 12.7 Å². The molecule has 0 aliphatic carbocycles. The van der Waals surface area contributed by atoms with Crippen LogP contribution in [0.1, 0.15) is 24.4 Å². The average molecular weight is 292 g/mol. The van der Waals surface area contributed by atoms with Gasteiger partial charge in [0, 0.05) is 19.1 Å². The van der Waals surface area contributed by atoms with Gasteiger partial charge < -0.3 is 15.2 Å². The smallest absolute Gasteiger partial charge is 0.308 e. The van der Waals surface area contributed by atoms with Gasteiger partial charge in [-0.2, -0.15) is 0 Å². The number of ether oxygens (including phenoxy) is 2. The van der Waals surface area contributed by atoms with Crippen LogP contribution in [0.3, 0.4) is 0 Å². The van der Waals surface area contributed by atoms with Gasteiger partial charge in [0.15, 0.2) is 0 Å². The molecule has 0 spiro atoms. The number of morpholine rings is 1. The van der Waals surface area contributed by atoms with Crippen molar-refractivity contribution in [3.8, 4) is 0 Å². The van der Waals surface area contributed by atoms with E-state index in [0.717, 1.165) is 19.5 Å². The van der Waals surface area contributed by atoms with Gasteiger partial charge in [0.1, 0.15) is 0 Å². The summed E-state index contributed by atoms with van der Waals surface area (Å²) in [5, 5.41) is 0. The van der Waals surface area contributed by atoms with Crippen molar-refractivity contribution in [3.63, 3.8) is 0 Å². The highest BCUT2D eigenvalue weighted by Crippen LogP contribution is 2.26. The van der Waals surface area contributed by atoms with E-state index >= 15 is 0 Å². The summed E-state index contributed by atoms with van der Waals surface area (Å²) >= 11 is 0. The quantitative estimate of drug-likeness (QED) is 0.802. The Morgan fingerprint density at radius 1 is 1.48 bits per heavy atom. The number of nitrogens with zero attached hydrogens (tertiary/aromatic N) is 1. The molecule has 1 aromatic carbocycles. The second-order valence-corrected chi connectivity index (χ2v) is 5.27. The number of methoxy groups -OCH3 is 1. The predicted molar refractivity (Wildman–Crippen MR) is 80.8 cm³/mol. The highest BCUT2D eigenvalue weighted by molar-refractivity contribution is 5.69. The fourth-order valence-electron chi connectivity index (χ4n) is 2.81. The minimum absolute atomic E-state index is 0.102. The third-order valence-electron chi connectivity index (χ3n) is 3.86. The molecule has 1 aliphatic rings. The van der Waals surface area contributed by atoms with Gasteiger partial charge in [-0.25, -0.2) is 0 Å². The molecule has 5 nitrogen and oxygen atoms in total. The summed E-state index contributed by atoms with van der Waals surface area (Å²) in [5.41, 5.74) is 7.04. The van der Waals surface area contributed by atoms with Crippen molar-refractivity contribution >= 4 is 5.97 Å². The Hall–Kier alpha value is -1.43. The van der Waals surface area contributed by atoms with E-state index in [9.17, 15) is 4.79 Å². The van der Waals surface area contributed by atoms with Crippen LogP contribution < -0.4 is 5.73 Å². The van der Waals surface area contributed by atoms with E-state index in [2.05, 4.69) is 17.0 Å². The maximum atomic E-state index is 11.4. The molecule has 1 saturated heterocycles. The minimum atomic E-state index is -0.225. The molecule has 0 radical (unpaired) electrons. The van der Waals surface area contributed by atoms with E-state index in [0.29, 0.717) is 19.6 Å². The lowest BCUT2D eigenvalue weighted by Crippen LogP contribution is -2.45. The minimum Gasteiger partial charge on any atom is -0.469 e. The van der Waals surface area contributed by atoms with Crippen LogP contribution in [0.15, 0.2) is 30.3 Å². The van der Waals surface area contributed by atoms with Gasteiger partial charge in [0.05, 0.1) is 26.2 Å². The van der Waals surface area contributed by atoms with Crippen LogP contribution in [0.5, 0.6) is 0 Å². The number of rotatable bonds is 6. The maximum absolute atomic E-state index is 11.4. The van der Waals surface area contributed by atoms with Gasteiger partial charge in [0.2, 0.25) is 0 Å². The lowest BCUT2D eigenvalue weighted by molar-refractivity contribution is -0.146. The van der Waals surface area contributed by atoms with Crippen LogP contribution in [0.4, 0.5) is 0 Å².